The predicted octanol–water partition coefficient (Wildman–Crippen LogP) is 8.09. The molecule has 3 heterocycles. The molecule has 8 heteroatoms. The van der Waals surface area contributed by atoms with E-state index in [2.05, 4.69) is 5.16 Å². The molecule has 0 radical (unpaired) electrons. The minimum atomic E-state index is 0.118. The molecule has 1 aliphatic heterocycles. The summed E-state index contributed by atoms with van der Waals surface area (Å²) in [6.45, 7) is 2.34. The number of halogens is 2. The van der Waals surface area contributed by atoms with E-state index in [-0.39, 0.29) is 12.5 Å². The zero-order valence-corrected chi connectivity index (χ0v) is 21.3. The van der Waals surface area contributed by atoms with Gasteiger partial charge in [-0.3, -0.25) is 9.69 Å². The number of anilines is 2. The second-order valence-corrected chi connectivity index (χ2v) is 11.0. The van der Waals surface area contributed by atoms with Gasteiger partial charge in [0.25, 0.3) is 0 Å². The van der Waals surface area contributed by atoms with Gasteiger partial charge < -0.3 is 9.26 Å². The Morgan fingerprint density at radius 2 is 1.91 bits per heavy atom. The number of nitrogens with zero attached hydrogens (tertiary/aromatic N) is 2. The topological polar surface area (TPSA) is 55.6 Å². The summed E-state index contributed by atoms with van der Waals surface area (Å²) in [6, 6.07) is 15.4. The lowest BCUT2D eigenvalue weighted by Gasteiger charge is -2.28. The number of carbonyl (C=O) groups excluding carboxylic acids is 1. The molecule has 0 atom stereocenters. The van der Waals surface area contributed by atoms with Crippen LogP contribution in [-0.4, -0.2) is 11.1 Å². The van der Waals surface area contributed by atoms with Gasteiger partial charge in [0, 0.05) is 22.8 Å². The van der Waals surface area contributed by atoms with Crippen molar-refractivity contribution >= 4 is 51.1 Å². The third-order valence-corrected chi connectivity index (χ3v) is 8.06. The second-order valence-electron chi connectivity index (χ2n) is 8.94. The van der Waals surface area contributed by atoms with Gasteiger partial charge in [0.05, 0.1) is 21.3 Å². The van der Waals surface area contributed by atoms with Gasteiger partial charge in [0.1, 0.15) is 28.8 Å². The fourth-order valence-electron chi connectivity index (χ4n) is 4.54. The van der Waals surface area contributed by atoms with Crippen LogP contribution in [0.3, 0.4) is 0 Å². The summed E-state index contributed by atoms with van der Waals surface area (Å²) in [6.07, 6.45) is 3.30. The van der Waals surface area contributed by atoms with Crippen molar-refractivity contribution in [1.82, 2.24) is 5.16 Å². The fraction of sp³-hybridized carbons (Fsp3) is 0.259. The van der Waals surface area contributed by atoms with Crippen molar-refractivity contribution < 1.29 is 14.1 Å². The van der Waals surface area contributed by atoms with E-state index in [0.29, 0.717) is 40.1 Å². The number of aryl methyl sites for hydroxylation is 2. The zero-order chi connectivity index (χ0) is 24.1. The Morgan fingerprint density at radius 3 is 2.63 bits per heavy atom. The van der Waals surface area contributed by atoms with E-state index >= 15 is 0 Å². The molecule has 35 heavy (non-hydrogen) atoms. The predicted molar refractivity (Wildman–Crippen MR) is 139 cm³/mol. The highest BCUT2D eigenvalue weighted by molar-refractivity contribution is 7.16. The number of fused-ring (bicyclic) bond motifs is 1. The first kappa shape index (κ1) is 22.7. The molecular formula is C27H22Cl2N2O3S. The van der Waals surface area contributed by atoms with Gasteiger partial charge in [0.2, 0.25) is 5.91 Å². The molecule has 0 bridgehead atoms. The minimum absolute atomic E-state index is 0.118. The Balaban J connectivity index is 1.30. The van der Waals surface area contributed by atoms with E-state index < -0.39 is 0 Å². The number of benzene rings is 2. The third kappa shape index (κ3) is 4.24. The molecule has 6 rings (SSSR count). The van der Waals surface area contributed by atoms with Crippen molar-refractivity contribution in [2.75, 3.05) is 4.90 Å². The highest BCUT2D eigenvalue weighted by atomic mass is 35.5. The van der Waals surface area contributed by atoms with Crippen molar-refractivity contribution in [3.63, 3.8) is 0 Å². The molecule has 1 saturated carbocycles. The number of aromatic nitrogens is 1. The van der Waals surface area contributed by atoms with Gasteiger partial charge in [-0.1, -0.05) is 34.4 Å². The van der Waals surface area contributed by atoms with Crippen molar-refractivity contribution in [3.8, 4) is 17.0 Å². The quantitative estimate of drug-likeness (QED) is 0.255. The monoisotopic (exact) mass is 524 g/mol. The molecule has 2 aliphatic rings. The van der Waals surface area contributed by atoms with Gasteiger partial charge in [-0.05, 0) is 74.2 Å². The van der Waals surface area contributed by atoms with E-state index in [1.165, 1.54) is 4.88 Å². The number of amides is 1. The van der Waals surface area contributed by atoms with Crippen molar-refractivity contribution in [2.24, 2.45) is 0 Å². The normalized spacial score (nSPS) is 15.4. The average molecular weight is 525 g/mol. The summed E-state index contributed by atoms with van der Waals surface area (Å²) in [5.41, 5.74) is 4.19. The number of rotatable bonds is 6. The molecule has 0 N–H and O–H groups in total. The first-order valence-electron chi connectivity index (χ1n) is 11.6. The molecule has 0 unspecified atom stereocenters. The molecule has 2 aromatic heterocycles. The molecular weight excluding hydrogens is 503 g/mol. The standard InChI is InChI=1S/C27H22Cl2N2O3S/c1-15-5-12-24(35-15)31-22-10-9-18(13-17(22)8-11-23(31)32)33-14-19-26(30-34-27(19)16-6-7-16)25-20(28)3-2-4-21(25)29/h2-5,9-10,12-13,16H,6-8,11,14H2,1H3. The lowest BCUT2D eigenvalue weighted by molar-refractivity contribution is -0.118. The van der Waals surface area contributed by atoms with Crippen molar-refractivity contribution in [2.45, 2.75) is 45.1 Å². The number of thiophene rings is 1. The second kappa shape index (κ2) is 9.01. The Bertz CT molecular complexity index is 1420. The first-order chi connectivity index (χ1) is 17.0. The lowest BCUT2D eigenvalue weighted by Crippen LogP contribution is -2.30. The number of hydrogen-bond acceptors (Lipinski definition) is 5. The largest absolute Gasteiger partial charge is 0.489 e. The Hall–Kier alpha value is -2.80. The van der Waals surface area contributed by atoms with Crippen molar-refractivity contribution in [1.29, 1.82) is 0 Å². The average Bonchev–Trinajstić information content (AvgIpc) is 3.47. The summed E-state index contributed by atoms with van der Waals surface area (Å²) < 4.78 is 12.0. The first-order valence-corrected chi connectivity index (χ1v) is 13.1. The maximum Gasteiger partial charge on any atom is 0.232 e. The van der Waals surface area contributed by atoms with E-state index in [1.807, 2.05) is 48.2 Å². The van der Waals surface area contributed by atoms with Crippen LogP contribution in [0, 0.1) is 6.92 Å². The molecule has 1 fully saturated rings. The van der Waals surface area contributed by atoms with Crippen LogP contribution in [0.15, 0.2) is 53.1 Å². The molecule has 1 amide bonds. The molecule has 0 saturated heterocycles. The lowest BCUT2D eigenvalue weighted by atomic mass is 10.0. The molecule has 1 aliphatic carbocycles. The minimum Gasteiger partial charge on any atom is -0.489 e. The van der Waals surface area contributed by atoms with Crippen LogP contribution in [0.5, 0.6) is 5.75 Å². The summed E-state index contributed by atoms with van der Waals surface area (Å²) in [4.78, 5) is 15.7. The zero-order valence-electron chi connectivity index (χ0n) is 19.0. The van der Waals surface area contributed by atoms with Crippen LogP contribution in [0.25, 0.3) is 11.3 Å². The van der Waals surface area contributed by atoms with Crippen LogP contribution < -0.4 is 9.64 Å². The van der Waals surface area contributed by atoms with Crippen LogP contribution >= 0.6 is 34.5 Å². The SMILES string of the molecule is Cc1ccc(N2C(=O)CCc3cc(OCc4c(-c5c(Cl)cccc5Cl)noc4C4CC4)ccc32)s1. The van der Waals surface area contributed by atoms with Crippen LogP contribution in [0.4, 0.5) is 10.7 Å². The maximum atomic E-state index is 12.7. The Kier molecular flexibility index (Phi) is 5.83. The van der Waals surface area contributed by atoms with Crippen molar-refractivity contribution in [3.05, 3.63) is 80.3 Å². The number of hydrogen-bond donors (Lipinski definition) is 0. The van der Waals surface area contributed by atoms with Gasteiger partial charge in [-0.25, -0.2) is 0 Å². The summed E-state index contributed by atoms with van der Waals surface area (Å²) in [5.74, 6) is 2.06. The van der Waals surface area contributed by atoms with E-state index in [9.17, 15) is 4.79 Å². The highest BCUT2D eigenvalue weighted by Gasteiger charge is 2.34. The Labute approximate surface area is 217 Å². The highest BCUT2D eigenvalue weighted by Crippen LogP contribution is 2.46. The van der Waals surface area contributed by atoms with Gasteiger partial charge in [-0.15, -0.1) is 11.3 Å². The molecule has 2 aromatic carbocycles. The van der Waals surface area contributed by atoms with Gasteiger partial charge >= 0.3 is 0 Å². The van der Waals surface area contributed by atoms with Gasteiger partial charge in [0.15, 0.2) is 0 Å². The van der Waals surface area contributed by atoms with E-state index in [0.717, 1.165) is 46.2 Å². The third-order valence-electron chi connectivity index (χ3n) is 6.45. The van der Waals surface area contributed by atoms with Crippen LogP contribution in [0.2, 0.25) is 10.0 Å². The number of ether oxygens (including phenoxy) is 1. The number of carbonyl (C=O) groups is 1. The van der Waals surface area contributed by atoms with Crippen LogP contribution in [-0.2, 0) is 17.8 Å². The maximum absolute atomic E-state index is 12.7. The molecule has 5 nitrogen and oxygen atoms in total. The van der Waals surface area contributed by atoms with E-state index in [4.69, 9.17) is 32.5 Å². The molecule has 178 valence electrons. The summed E-state index contributed by atoms with van der Waals surface area (Å²) >= 11 is 14.6. The molecule has 4 aromatic rings. The van der Waals surface area contributed by atoms with E-state index in [1.54, 1.807) is 23.5 Å². The van der Waals surface area contributed by atoms with Gasteiger partial charge in [-0.2, -0.15) is 0 Å². The summed E-state index contributed by atoms with van der Waals surface area (Å²) in [7, 11) is 0. The summed E-state index contributed by atoms with van der Waals surface area (Å²) in [5, 5.41) is 6.33. The van der Waals surface area contributed by atoms with Crippen LogP contribution in [0.1, 0.15) is 46.9 Å². The molecule has 0 spiro atoms. The Morgan fingerprint density at radius 1 is 1.11 bits per heavy atom. The fourth-order valence-corrected chi connectivity index (χ4v) is 6.01. The smallest absolute Gasteiger partial charge is 0.232 e.